The number of ether oxygens (including phenoxy) is 1. The summed E-state index contributed by atoms with van der Waals surface area (Å²) in [6.07, 6.45) is 7.26. The number of aromatic nitrogens is 1. The highest BCUT2D eigenvalue weighted by molar-refractivity contribution is 7.81. The number of amides is 1. The van der Waals surface area contributed by atoms with Gasteiger partial charge in [0.2, 0.25) is 0 Å². The molecule has 4 heterocycles. The molecule has 3 aliphatic heterocycles. The molecule has 8 heteroatoms. The van der Waals surface area contributed by atoms with Crippen LogP contribution in [0.3, 0.4) is 0 Å². The van der Waals surface area contributed by atoms with E-state index in [4.69, 9.17) is 4.74 Å². The van der Waals surface area contributed by atoms with Gasteiger partial charge in [-0.1, -0.05) is 26.0 Å². The number of pyridine rings is 1. The van der Waals surface area contributed by atoms with Crippen molar-refractivity contribution in [1.29, 1.82) is 0 Å². The summed E-state index contributed by atoms with van der Waals surface area (Å²) in [5, 5.41) is 9.85. The molecule has 2 fully saturated rings. The topological polar surface area (TPSA) is 83.0 Å². The van der Waals surface area contributed by atoms with E-state index in [2.05, 4.69) is 11.1 Å². The van der Waals surface area contributed by atoms with Crippen LogP contribution in [-0.2, 0) is 17.4 Å². The van der Waals surface area contributed by atoms with Crippen molar-refractivity contribution in [2.24, 2.45) is 0 Å². The Balaban J connectivity index is 0.00000133. The smallest absolute Gasteiger partial charge is 0.253 e. The van der Waals surface area contributed by atoms with Crippen LogP contribution in [0.1, 0.15) is 55.5 Å². The molecule has 1 aromatic carbocycles. The molecule has 2 unspecified atom stereocenters. The number of hydrogen-bond donors (Lipinski definition) is 1. The lowest BCUT2D eigenvalue weighted by Crippen LogP contribution is -2.47. The van der Waals surface area contributed by atoms with E-state index in [1.54, 1.807) is 17.4 Å². The third-order valence-electron chi connectivity index (χ3n) is 6.90. The minimum Gasteiger partial charge on any atom is -0.485 e. The predicted molar refractivity (Wildman–Crippen MR) is 134 cm³/mol. The van der Waals surface area contributed by atoms with Gasteiger partial charge >= 0.3 is 0 Å². The number of fused-ring (bicyclic) bond motifs is 1. The van der Waals surface area contributed by atoms with Crippen LogP contribution in [0.5, 0.6) is 5.75 Å². The van der Waals surface area contributed by atoms with Gasteiger partial charge in [-0.25, -0.2) is 8.51 Å². The minimum absolute atomic E-state index is 0.0353. The van der Waals surface area contributed by atoms with Crippen LogP contribution in [-0.4, -0.2) is 73.6 Å². The predicted octanol–water partition coefficient (Wildman–Crippen LogP) is 3.43. The molecule has 184 valence electrons. The largest absolute Gasteiger partial charge is 0.485 e. The van der Waals surface area contributed by atoms with Crippen LogP contribution in [0.4, 0.5) is 0 Å². The molecule has 34 heavy (non-hydrogen) atoms. The summed E-state index contributed by atoms with van der Waals surface area (Å²) in [4.78, 5) is 19.1. The molecule has 1 aromatic heterocycles. The molecule has 7 nitrogen and oxygen atoms in total. The monoisotopic (exact) mass is 485 g/mol. The average Bonchev–Trinajstić information content (AvgIpc) is 3.22. The normalized spacial score (nSPS) is 22.4. The van der Waals surface area contributed by atoms with Gasteiger partial charge < -0.3 is 14.7 Å². The van der Waals surface area contributed by atoms with Crippen LogP contribution in [0.15, 0.2) is 36.5 Å². The van der Waals surface area contributed by atoms with E-state index in [0.29, 0.717) is 18.7 Å². The molecule has 0 saturated carbocycles. The lowest BCUT2D eigenvalue weighted by atomic mass is 9.88. The number of β-amino-alcohol motifs (C(OH)–C–C–N with tert-alkyl or cyclic N) is 1. The SMILES string of the molecule is CC.CS(=O)N1CCC2(CC1)Cc1cc(-c3ccc(C(=O)N4CCCC(O)C4)cc3)ncc1O2. The molecular formula is C26H35N3O4S. The fourth-order valence-corrected chi connectivity index (χ4v) is 5.72. The molecule has 3 aliphatic rings. The Morgan fingerprint density at radius 1 is 1.18 bits per heavy atom. The van der Waals surface area contributed by atoms with Crippen molar-refractivity contribution < 1.29 is 18.8 Å². The Labute approximate surface area is 204 Å². The van der Waals surface area contributed by atoms with Crippen molar-refractivity contribution >= 4 is 16.9 Å². The highest BCUT2D eigenvalue weighted by Gasteiger charge is 2.42. The van der Waals surface area contributed by atoms with E-state index in [0.717, 1.165) is 67.8 Å². The second-order valence-electron chi connectivity index (χ2n) is 9.12. The quantitative estimate of drug-likeness (QED) is 0.720. The highest BCUT2D eigenvalue weighted by atomic mass is 32.2. The zero-order valence-corrected chi connectivity index (χ0v) is 21.1. The molecule has 0 radical (unpaired) electrons. The lowest BCUT2D eigenvalue weighted by molar-refractivity contribution is 0.0417. The van der Waals surface area contributed by atoms with Gasteiger partial charge in [0, 0.05) is 68.4 Å². The maximum absolute atomic E-state index is 12.7. The van der Waals surface area contributed by atoms with E-state index >= 15 is 0 Å². The number of rotatable bonds is 3. The maximum atomic E-state index is 12.7. The molecule has 1 spiro atoms. The summed E-state index contributed by atoms with van der Waals surface area (Å²) < 4.78 is 20.1. The van der Waals surface area contributed by atoms with E-state index in [-0.39, 0.29) is 11.5 Å². The Morgan fingerprint density at radius 3 is 2.53 bits per heavy atom. The molecular weight excluding hydrogens is 450 g/mol. The van der Waals surface area contributed by atoms with Crippen LogP contribution in [0.25, 0.3) is 11.3 Å². The van der Waals surface area contributed by atoms with Crippen molar-refractivity contribution in [2.75, 3.05) is 32.4 Å². The number of likely N-dealkylation sites (tertiary alicyclic amines) is 1. The first kappa shape index (κ1) is 24.8. The molecule has 2 aromatic rings. The molecule has 5 rings (SSSR count). The molecule has 2 saturated heterocycles. The second kappa shape index (κ2) is 10.5. The maximum Gasteiger partial charge on any atom is 0.253 e. The zero-order chi connectivity index (χ0) is 24.3. The van der Waals surface area contributed by atoms with Crippen molar-refractivity contribution in [3.05, 3.63) is 47.7 Å². The number of nitrogens with zero attached hydrogens (tertiary/aromatic N) is 3. The van der Waals surface area contributed by atoms with Crippen LogP contribution >= 0.6 is 0 Å². The summed E-state index contributed by atoms with van der Waals surface area (Å²) in [6, 6.07) is 9.64. The highest BCUT2D eigenvalue weighted by Crippen LogP contribution is 2.42. The van der Waals surface area contributed by atoms with E-state index < -0.39 is 17.1 Å². The Kier molecular flexibility index (Phi) is 7.70. The summed E-state index contributed by atoms with van der Waals surface area (Å²) in [7, 11) is -0.931. The van der Waals surface area contributed by atoms with Crippen molar-refractivity contribution in [2.45, 2.75) is 57.7 Å². The van der Waals surface area contributed by atoms with Gasteiger partial charge in [0.15, 0.2) is 0 Å². The van der Waals surface area contributed by atoms with E-state index in [9.17, 15) is 14.1 Å². The summed E-state index contributed by atoms with van der Waals surface area (Å²) in [5.41, 5.74) is 3.40. The Morgan fingerprint density at radius 2 is 1.88 bits per heavy atom. The van der Waals surface area contributed by atoms with Crippen molar-refractivity contribution in [3.63, 3.8) is 0 Å². The summed E-state index contributed by atoms with van der Waals surface area (Å²) in [5.74, 6) is 0.808. The molecule has 0 aliphatic carbocycles. The average molecular weight is 486 g/mol. The fraction of sp³-hybridized carbons (Fsp3) is 0.538. The Hall–Kier alpha value is -2.29. The van der Waals surface area contributed by atoms with E-state index in [1.165, 1.54) is 0 Å². The first-order valence-electron chi connectivity index (χ1n) is 12.3. The summed E-state index contributed by atoms with van der Waals surface area (Å²) in [6.45, 7) is 6.65. The van der Waals surface area contributed by atoms with Crippen LogP contribution in [0.2, 0.25) is 0 Å². The van der Waals surface area contributed by atoms with Crippen molar-refractivity contribution in [3.8, 4) is 17.0 Å². The first-order valence-corrected chi connectivity index (χ1v) is 13.8. The molecule has 2 atom stereocenters. The van der Waals surface area contributed by atoms with Gasteiger partial charge in [-0.3, -0.25) is 9.78 Å². The third-order valence-corrected chi connectivity index (χ3v) is 7.99. The molecule has 1 amide bonds. The van der Waals surface area contributed by atoms with Crippen LogP contribution in [0, 0.1) is 0 Å². The zero-order valence-electron chi connectivity index (χ0n) is 20.3. The van der Waals surface area contributed by atoms with Gasteiger partial charge in [-0.15, -0.1) is 0 Å². The van der Waals surface area contributed by atoms with Crippen molar-refractivity contribution in [1.82, 2.24) is 14.2 Å². The number of benzene rings is 1. The molecule has 1 N–H and O–H groups in total. The number of piperidine rings is 2. The van der Waals surface area contributed by atoms with Crippen LogP contribution < -0.4 is 4.74 Å². The molecule has 0 bridgehead atoms. The second-order valence-corrected chi connectivity index (χ2v) is 10.5. The van der Waals surface area contributed by atoms with Gasteiger partial charge in [0.1, 0.15) is 11.4 Å². The first-order chi connectivity index (χ1) is 16.4. The van der Waals surface area contributed by atoms with Gasteiger partial charge in [-0.05, 0) is 31.0 Å². The van der Waals surface area contributed by atoms with Gasteiger partial charge in [-0.2, -0.15) is 0 Å². The number of carbonyl (C=O) groups is 1. The summed E-state index contributed by atoms with van der Waals surface area (Å²) >= 11 is 0. The minimum atomic E-state index is -0.931. The van der Waals surface area contributed by atoms with E-state index in [1.807, 2.05) is 42.4 Å². The number of aliphatic hydroxyl groups excluding tert-OH is 1. The Bertz CT molecular complexity index is 1030. The van der Waals surface area contributed by atoms with Gasteiger partial charge in [0.25, 0.3) is 5.91 Å². The number of carbonyl (C=O) groups excluding carboxylic acids is 1. The number of hydrogen-bond acceptors (Lipinski definition) is 5. The third kappa shape index (κ3) is 5.19. The van der Waals surface area contributed by atoms with Gasteiger partial charge in [0.05, 0.1) is 29.0 Å². The lowest BCUT2D eigenvalue weighted by Gasteiger charge is -2.37. The fourth-order valence-electron chi connectivity index (χ4n) is 5.02. The number of aliphatic hydroxyl groups is 1. The standard InChI is InChI=1S/C24H29N3O4S.C2H6/c1-32(30)27-11-8-24(9-12-27)14-19-13-21(25-15-22(19)31-24)17-4-6-18(7-5-17)23(29)26-10-2-3-20(28)16-26;1-2/h4-7,13,15,20,28H,2-3,8-12,14,16H2,1H3;1-2H3.